The number of aryl methyl sites for hydroxylation is 1. The maximum Gasteiger partial charge on any atom is 0.389 e. The molecule has 3 rings (SSSR count). The number of hydrogen-bond donors (Lipinski definition) is 1. The van der Waals surface area contributed by atoms with Gasteiger partial charge in [-0.2, -0.15) is 13.2 Å². The van der Waals surface area contributed by atoms with E-state index < -0.39 is 28.2 Å². The van der Waals surface area contributed by atoms with E-state index in [0.29, 0.717) is 25.9 Å². The number of phenols is 1. The summed E-state index contributed by atoms with van der Waals surface area (Å²) >= 11 is 0. The zero-order valence-electron chi connectivity index (χ0n) is 25.7. The highest BCUT2D eigenvalue weighted by molar-refractivity contribution is 7.91. The predicted octanol–water partition coefficient (Wildman–Crippen LogP) is 8.27. The lowest BCUT2D eigenvalue weighted by molar-refractivity contribution is -0.134. The van der Waals surface area contributed by atoms with Crippen LogP contribution in [-0.4, -0.2) is 69.0 Å². The van der Waals surface area contributed by atoms with Crippen molar-refractivity contribution in [1.29, 1.82) is 0 Å². The van der Waals surface area contributed by atoms with Crippen LogP contribution in [0.25, 0.3) is 11.1 Å². The zero-order chi connectivity index (χ0) is 32.0. The van der Waals surface area contributed by atoms with Gasteiger partial charge in [0.15, 0.2) is 0 Å². The Bertz CT molecular complexity index is 1340. The Morgan fingerprint density at radius 2 is 1.59 bits per heavy atom. The summed E-state index contributed by atoms with van der Waals surface area (Å²) in [5.74, 6) is -0.485. The number of sulfone groups is 1. The molecule has 0 amide bonds. The van der Waals surface area contributed by atoms with Crippen molar-refractivity contribution in [3.05, 3.63) is 65.0 Å². The first-order valence-electron chi connectivity index (χ1n) is 15.7. The lowest BCUT2D eigenvalue weighted by Crippen LogP contribution is -2.28. The number of rotatable bonds is 18. The first kappa shape index (κ1) is 35.8. The molecule has 244 valence electrons. The molecular weight excluding hydrogens is 592 g/mol. The van der Waals surface area contributed by atoms with E-state index in [2.05, 4.69) is 9.89 Å². The molecule has 0 heterocycles. The highest BCUT2D eigenvalue weighted by Gasteiger charge is 2.27. The van der Waals surface area contributed by atoms with Crippen molar-refractivity contribution in [2.45, 2.75) is 83.2 Å². The molecule has 1 N–H and O–H groups in total. The second-order valence-electron chi connectivity index (χ2n) is 11.6. The molecule has 0 fully saturated rings. The third-order valence-electron chi connectivity index (χ3n) is 8.11. The summed E-state index contributed by atoms with van der Waals surface area (Å²) < 4.78 is 74.8. The van der Waals surface area contributed by atoms with Crippen molar-refractivity contribution >= 4 is 27.2 Å². The minimum Gasteiger partial charge on any atom is -0.508 e. The Balaban J connectivity index is 1.49. The van der Waals surface area contributed by atoms with E-state index in [-0.39, 0.29) is 23.7 Å². The molecule has 0 unspecified atom stereocenters. The molecule has 2 aromatic carbocycles. The second-order valence-corrected chi connectivity index (χ2v) is 13.9. The quantitative estimate of drug-likeness (QED) is 0.101. The zero-order valence-corrected chi connectivity index (χ0v) is 26.5. The molecule has 0 spiro atoms. The predicted molar refractivity (Wildman–Crippen MR) is 171 cm³/mol. The Morgan fingerprint density at radius 1 is 0.909 bits per heavy atom. The van der Waals surface area contributed by atoms with Gasteiger partial charge in [-0.25, -0.2) is 12.8 Å². The highest BCUT2D eigenvalue weighted by Crippen LogP contribution is 2.39. The Kier molecular flexibility index (Phi) is 14.4. The molecule has 2 aromatic rings. The summed E-state index contributed by atoms with van der Waals surface area (Å²) in [5.41, 5.74) is 5.90. The van der Waals surface area contributed by atoms with Crippen LogP contribution in [0, 0.1) is 5.82 Å². The van der Waals surface area contributed by atoms with E-state index in [9.17, 15) is 31.1 Å². The van der Waals surface area contributed by atoms with Crippen LogP contribution in [-0.2, 0) is 16.3 Å². The molecule has 0 atom stereocenters. The average molecular weight is 639 g/mol. The number of unbranched alkanes of at least 4 members (excludes halogenated alkanes) is 4. The molecule has 1 aliphatic rings. The SMILES string of the molecule is CN=CCN(CCCCCCC1=C(c2ccc(F)cc2)CCCc2cc(O)ccc21)CCCCS(=O)(=O)CCCC(F)(F)F. The van der Waals surface area contributed by atoms with E-state index in [1.54, 1.807) is 13.1 Å². The molecule has 5 nitrogen and oxygen atoms in total. The van der Waals surface area contributed by atoms with Crippen LogP contribution in [0.5, 0.6) is 5.75 Å². The van der Waals surface area contributed by atoms with Crippen LogP contribution < -0.4 is 0 Å². The van der Waals surface area contributed by atoms with Crippen LogP contribution in [0.1, 0.15) is 87.3 Å². The molecular formula is C34H46F4N2O3S. The van der Waals surface area contributed by atoms with Gasteiger partial charge in [0.2, 0.25) is 0 Å². The Hall–Kier alpha value is -2.72. The molecule has 0 aliphatic heterocycles. The number of aliphatic imine (C=N–C) groups is 1. The topological polar surface area (TPSA) is 70.0 Å². The summed E-state index contributed by atoms with van der Waals surface area (Å²) in [5, 5.41) is 10.1. The monoisotopic (exact) mass is 638 g/mol. The number of benzene rings is 2. The lowest BCUT2D eigenvalue weighted by Gasteiger charge is -2.20. The van der Waals surface area contributed by atoms with Gasteiger partial charge in [-0.3, -0.25) is 9.89 Å². The third kappa shape index (κ3) is 12.7. The van der Waals surface area contributed by atoms with Crippen LogP contribution in [0.2, 0.25) is 0 Å². The first-order valence-corrected chi connectivity index (χ1v) is 17.5. The van der Waals surface area contributed by atoms with Crippen molar-refractivity contribution in [3.8, 4) is 5.75 Å². The van der Waals surface area contributed by atoms with Crippen LogP contribution in [0.4, 0.5) is 17.6 Å². The van der Waals surface area contributed by atoms with Crippen molar-refractivity contribution in [3.63, 3.8) is 0 Å². The molecule has 44 heavy (non-hydrogen) atoms. The molecule has 0 radical (unpaired) electrons. The van der Waals surface area contributed by atoms with Gasteiger partial charge in [0.05, 0.1) is 11.5 Å². The van der Waals surface area contributed by atoms with E-state index in [4.69, 9.17) is 0 Å². The Morgan fingerprint density at radius 3 is 2.30 bits per heavy atom. The maximum absolute atomic E-state index is 13.7. The number of hydrogen-bond acceptors (Lipinski definition) is 5. The van der Waals surface area contributed by atoms with Gasteiger partial charge in [0.25, 0.3) is 0 Å². The van der Waals surface area contributed by atoms with E-state index in [0.717, 1.165) is 69.0 Å². The van der Waals surface area contributed by atoms with Gasteiger partial charge in [-0.1, -0.05) is 31.0 Å². The number of nitrogens with zero attached hydrogens (tertiary/aromatic N) is 2. The number of halogens is 4. The number of alkyl halides is 3. The summed E-state index contributed by atoms with van der Waals surface area (Å²) in [7, 11) is -1.76. The summed E-state index contributed by atoms with van der Waals surface area (Å²) in [6, 6.07) is 12.3. The smallest absolute Gasteiger partial charge is 0.389 e. The third-order valence-corrected chi connectivity index (χ3v) is 9.93. The highest BCUT2D eigenvalue weighted by atomic mass is 32.2. The summed E-state index contributed by atoms with van der Waals surface area (Å²) in [4.78, 5) is 6.32. The van der Waals surface area contributed by atoms with Crippen molar-refractivity contribution in [1.82, 2.24) is 4.90 Å². The second kappa shape index (κ2) is 17.7. The molecule has 0 bridgehead atoms. The van der Waals surface area contributed by atoms with E-state index in [1.807, 2.05) is 30.5 Å². The van der Waals surface area contributed by atoms with Crippen molar-refractivity contribution < 1.29 is 31.1 Å². The number of aromatic hydroxyl groups is 1. The molecule has 0 saturated carbocycles. The normalized spacial score (nSPS) is 14.4. The maximum atomic E-state index is 13.7. The van der Waals surface area contributed by atoms with Gasteiger partial charge >= 0.3 is 6.18 Å². The molecule has 0 saturated heterocycles. The van der Waals surface area contributed by atoms with Crippen molar-refractivity contribution in [2.24, 2.45) is 4.99 Å². The van der Waals surface area contributed by atoms with Gasteiger partial charge in [-0.15, -0.1) is 0 Å². The van der Waals surface area contributed by atoms with Crippen LogP contribution in [0.3, 0.4) is 0 Å². The lowest BCUT2D eigenvalue weighted by atomic mass is 9.89. The largest absolute Gasteiger partial charge is 0.508 e. The minimum atomic E-state index is -4.33. The Labute approximate surface area is 260 Å². The number of phenolic OH excluding ortho intramolecular Hbond substituents is 1. The fraction of sp³-hybridized carbons (Fsp3) is 0.559. The van der Waals surface area contributed by atoms with E-state index in [1.165, 1.54) is 28.8 Å². The van der Waals surface area contributed by atoms with Gasteiger partial charge < -0.3 is 5.11 Å². The first-order chi connectivity index (χ1) is 21.0. The van der Waals surface area contributed by atoms with Gasteiger partial charge in [0.1, 0.15) is 21.4 Å². The summed E-state index contributed by atoms with van der Waals surface area (Å²) in [6.45, 7) is 2.24. The fourth-order valence-electron chi connectivity index (χ4n) is 5.84. The summed E-state index contributed by atoms with van der Waals surface area (Å²) in [6.07, 6.45) is 4.86. The van der Waals surface area contributed by atoms with Gasteiger partial charge in [-0.05, 0) is 123 Å². The standard InChI is InChI=1S/C34H46F4N2O3S/c1-39-20-23-40(22-6-7-24-44(42,43)25-9-19-34(36,37)38)21-5-3-2-4-11-33-31(27-13-15-29(35)16-14-27)12-8-10-28-26-30(41)17-18-32(28)33/h13-18,20,26,41H,2-12,19,21-25H2,1H3. The molecule has 10 heteroatoms. The van der Waals surface area contributed by atoms with Crippen molar-refractivity contribution in [2.75, 3.05) is 38.2 Å². The van der Waals surface area contributed by atoms with Crippen LogP contribution in [0.15, 0.2) is 47.5 Å². The fourth-order valence-corrected chi connectivity index (χ4v) is 7.27. The minimum absolute atomic E-state index is 0.0843. The van der Waals surface area contributed by atoms with Gasteiger partial charge in [0, 0.05) is 26.2 Å². The molecule has 1 aliphatic carbocycles. The number of allylic oxidation sites excluding steroid dienone is 2. The molecule has 0 aromatic heterocycles. The average Bonchev–Trinajstić information content (AvgIpc) is 3.13. The van der Waals surface area contributed by atoms with E-state index >= 15 is 0 Å². The van der Waals surface area contributed by atoms with Crippen LogP contribution >= 0.6 is 0 Å². The number of fused-ring (bicyclic) bond motifs is 1.